The van der Waals surface area contributed by atoms with Crippen molar-refractivity contribution in [3.8, 4) is 5.75 Å². The maximum absolute atomic E-state index is 12.1. The minimum atomic E-state index is -0.585. The van der Waals surface area contributed by atoms with Crippen molar-refractivity contribution >= 4 is 17.6 Å². The van der Waals surface area contributed by atoms with Crippen molar-refractivity contribution in [2.24, 2.45) is 0 Å². The fourth-order valence-electron chi connectivity index (χ4n) is 3.27. The maximum Gasteiger partial charge on any atom is 0.344 e. The minimum Gasteiger partial charge on any atom is -0.482 e. The van der Waals surface area contributed by atoms with Crippen LogP contribution in [0.5, 0.6) is 5.75 Å². The zero-order chi connectivity index (χ0) is 20.8. The van der Waals surface area contributed by atoms with E-state index in [1.165, 1.54) is 5.56 Å². The van der Waals surface area contributed by atoms with Crippen LogP contribution in [0.15, 0.2) is 30.3 Å². The standard InChI is InChI=1S/C23H29NO4/c1-14(2)20-8-7-19(11-16(20)4)27-13-22(26)28-12-21(25)24-23-17(5)9-15(3)10-18(23)6/h7-11,14H,12-13H2,1-6H3,(H,24,25). The highest BCUT2D eigenvalue weighted by atomic mass is 16.6. The van der Waals surface area contributed by atoms with E-state index in [1.807, 2.05) is 58.0 Å². The van der Waals surface area contributed by atoms with Crippen LogP contribution in [0.4, 0.5) is 5.69 Å². The molecule has 0 bridgehead atoms. The van der Waals surface area contributed by atoms with Gasteiger partial charge >= 0.3 is 5.97 Å². The van der Waals surface area contributed by atoms with Gasteiger partial charge in [0.25, 0.3) is 5.91 Å². The molecule has 28 heavy (non-hydrogen) atoms. The van der Waals surface area contributed by atoms with E-state index in [0.717, 1.165) is 27.9 Å². The van der Waals surface area contributed by atoms with Gasteiger partial charge < -0.3 is 14.8 Å². The van der Waals surface area contributed by atoms with Crippen LogP contribution in [-0.2, 0) is 14.3 Å². The molecule has 0 saturated carbocycles. The number of aryl methyl sites for hydroxylation is 4. The van der Waals surface area contributed by atoms with Crippen molar-refractivity contribution in [2.45, 2.75) is 47.5 Å². The molecule has 0 heterocycles. The molecule has 5 heteroatoms. The highest BCUT2D eigenvalue weighted by Crippen LogP contribution is 2.24. The molecule has 0 aliphatic rings. The van der Waals surface area contributed by atoms with Crippen molar-refractivity contribution in [1.29, 1.82) is 0 Å². The molecule has 2 rings (SSSR count). The zero-order valence-electron chi connectivity index (χ0n) is 17.5. The summed E-state index contributed by atoms with van der Waals surface area (Å²) >= 11 is 0. The van der Waals surface area contributed by atoms with Gasteiger partial charge in [0.2, 0.25) is 0 Å². The second-order valence-corrected chi connectivity index (χ2v) is 7.44. The molecule has 0 spiro atoms. The van der Waals surface area contributed by atoms with Crippen LogP contribution < -0.4 is 10.1 Å². The summed E-state index contributed by atoms with van der Waals surface area (Å²) in [5.74, 6) is 0.0751. The van der Waals surface area contributed by atoms with E-state index in [2.05, 4.69) is 19.2 Å². The lowest BCUT2D eigenvalue weighted by Gasteiger charge is -2.13. The van der Waals surface area contributed by atoms with Crippen LogP contribution in [0.1, 0.15) is 47.6 Å². The molecule has 1 N–H and O–H groups in total. The summed E-state index contributed by atoms with van der Waals surface area (Å²) in [6.07, 6.45) is 0. The van der Waals surface area contributed by atoms with Gasteiger partial charge in [-0.05, 0) is 68.0 Å². The number of nitrogens with one attached hydrogen (secondary N) is 1. The summed E-state index contributed by atoms with van der Waals surface area (Å²) in [5, 5.41) is 2.80. The minimum absolute atomic E-state index is 0.240. The van der Waals surface area contributed by atoms with E-state index >= 15 is 0 Å². The van der Waals surface area contributed by atoms with Crippen LogP contribution in [-0.4, -0.2) is 25.1 Å². The monoisotopic (exact) mass is 383 g/mol. The van der Waals surface area contributed by atoms with Crippen molar-refractivity contribution in [1.82, 2.24) is 0 Å². The third-order valence-electron chi connectivity index (χ3n) is 4.53. The number of carbonyl (C=O) groups is 2. The fourth-order valence-corrected chi connectivity index (χ4v) is 3.27. The predicted molar refractivity (Wildman–Crippen MR) is 111 cm³/mol. The van der Waals surface area contributed by atoms with Crippen LogP contribution in [0.25, 0.3) is 0 Å². The first kappa shape index (κ1) is 21.5. The van der Waals surface area contributed by atoms with Gasteiger partial charge in [0.05, 0.1) is 0 Å². The van der Waals surface area contributed by atoms with Gasteiger partial charge in [-0.2, -0.15) is 0 Å². The molecule has 0 saturated heterocycles. The van der Waals surface area contributed by atoms with Crippen molar-refractivity contribution < 1.29 is 19.1 Å². The summed E-state index contributed by atoms with van der Waals surface area (Å²) in [4.78, 5) is 24.0. The molecule has 0 aliphatic heterocycles. The first-order valence-corrected chi connectivity index (χ1v) is 9.44. The van der Waals surface area contributed by atoms with Gasteiger partial charge in [-0.25, -0.2) is 4.79 Å². The van der Waals surface area contributed by atoms with Gasteiger partial charge in [-0.3, -0.25) is 4.79 Å². The fraction of sp³-hybridized carbons (Fsp3) is 0.391. The second kappa shape index (κ2) is 9.40. The molecule has 0 aliphatic carbocycles. The smallest absolute Gasteiger partial charge is 0.344 e. The predicted octanol–water partition coefficient (Wildman–Crippen LogP) is 4.60. The molecule has 150 valence electrons. The highest BCUT2D eigenvalue weighted by Gasteiger charge is 2.12. The zero-order valence-corrected chi connectivity index (χ0v) is 17.5. The van der Waals surface area contributed by atoms with E-state index in [0.29, 0.717) is 11.7 Å². The molecule has 2 aromatic carbocycles. The van der Waals surface area contributed by atoms with Gasteiger partial charge in [-0.1, -0.05) is 37.6 Å². The Hall–Kier alpha value is -2.82. The number of esters is 1. The van der Waals surface area contributed by atoms with Crippen LogP contribution >= 0.6 is 0 Å². The lowest BCUT2D eigenvalue weighted by atomic mass is 9.98. The van der Waals surface area contributed by atoms with Gasteiger partial charge in [0.15, 0.2) is 13.2 Å². The van der Waals surface area contributed by atoms with Gasteiger partial charge in [0.1, 0.15) is 5.75 Å². The summed E-state index contributed by atoms with van der Waals surface area (Å²) in [6.45, 7) is 11.6. The Bertz CT molecular complexity index is 848. The molecule has 2 aromatic rings. The summed E-state index contributed by atoms with van der Waals surface area (Å²) < 4.78 is 10.5. The van der Waals surface area contributed by atoms with Gasteiger partial charge in [0, 0.05) is 5.69 Å². The topological polar surface area (TPSA) is 64.6 Å². The third kappa shape index (κ3) is 5.84. The van der Waals surface area contributed by atoms with E-state index in [1.54, 1.807) is 0 Å². The molecular formula is C23H29NO4. The number of amides is 1. The average molecular weight is 383 g/mol. The summed E-state index contributed by atoms with van der Waals surface area (Å²) in [6, 6.07) is 9.73. The van der Waals surface area contributed by atoms with Crippen molar-refractivity contribution in [2.75, 3.05) is 18.5 Å². The highest BCUT2D eigenvalue weighted by molar-refractivity contribution is 5.94. The molecular weight excluding hydrogens is 354 g/mol. The molecule has 0 radical (unpaired) electrons. The maximum atomic E-state index is 12.1. The van der Waals surface area contributed by atoms with Crippen LogP contribution in [0.2, 0.25) is 0 Å². The SMILES string of the molecule is Cc1cc(C)c(NC(=O)COC(=O)COc2ccc(C(C)C)c(C)c2)c(C)c1. The quantitative estimate of drug-likeness (QED) is 0.710. The number of anilines is 1. The van der Waals surface area contributed by atoms with E-state index in [9.17, 15) is 9.59 Å². The number of hydrogen-bond donors (Lipinski definition) is 1. The van der Waals surface area contributed by atoms with Gasteiger partial charge in [-0.15, -0.1) is 0 Å². The number of carbonyl (C=O) groups excluding carboxylic acids is 2. The molecule has 0 atom stereocenters. The lowest BCUT2D eigenvalue weighted by molar-refractivity contribution is -0.149. The Kier molecular flexibility index (Phi) is 7.21. The molecule has 1 amide bonds. The van der Waals surface area contributed by atoms with Crippen molar-refractivity contribution in [3.63, 3.8) is 0 Å². The lowest BCUT2D eigenvalue weighted by Crippen LogP contribution is -2.24. The van der Waals surface area contributed by atoms with E-state index in [-0.39, 0.29) is 19.1 Å². The normalized spacial score (nSPS) is 10.7. The van der Waals surface area contributed by atoms with Crippen LogP contribution in [0.3, 0.4) is 0 Å². The van der Waals surface area contributed by atoms with E-state index < -0.39 is 5.97 Å². The Balaban J connectivity index is 1.83. The number of benzene rings is 2. The second-order valence-electron chi connectivity index (χ2n) is 7.44. The summed E-state index contributed by atoms with van der Waals surface area (Å²) in [5.41, 5.74) is 6.19. The molecule has 0 fully saturated rings. The molecule has 0 aromatic heterocycles. The van der Waals surface area contributed by atoms with Crippen LogP contribution in [0, 0.1) is 27.7 Å². The average Bonchev–Trinajstić information content (AvgIpc) is 2.61. The largest absolute Gasteiger partial charge is 0.482 e. The first-order valence-electron chi connectivity index (χ1n) is 9.44. The summed E-state index contributed by atoms with van der Waals surface area (Å²) in [7, 11) is 0. The van der Waals surface area contributed by atoms with E-state index in [4.69, 9.17) is 9.47 Å². The number of ether oxygens (including phenoxy) is 2. The number of hydrogen-bond acceptors (Lipinski definition) is 4. The Morgan fingerprint density at radius 1 is 0.929 bits per heavy atom. The Morgan fingerprint density at radius 3 is 2.14 bits per heavy atom. The third-order valence-corrected chi connectivity index (χ3v) is 4.53. The number of rotatable bonds is 7. The van der Waals surface area contributed by atoms with Crippen molar-refractivity contribution in [3.05, 3.63) is 58.1 Å². The Morgan fingerprint density at radius 2 is 1.57 bits per heavy atom. The first-order chi connectivity index (χ1) is 13.2. The Labute approximate surface area is 167 Å². The molecule has 5 nitrogen and oxygen atoms in total. The molecule has 0 unspecified atom stereocenters.